The molecule has 0 bridgehead atoms. The van der Waals surface area contributed by atoms with E-state index in [9.17, 15) is 10.1 Å². The maximum Gasteiger partial charge on any atom is 0.311 e. The Labute approximate surface area is 111 Å². The molecule has 1 aliphatic rings. The number of nitrogens with zero attached hydrogens (tertiary/aromatic N) is 1. The Balaban J connectivity index is 1.92. The van der Waals surface area contributed by atoms with Crippen LogP contribution in [0.25, 0.3) is 0 Å². The van der Waals surface area contributed by atoms with Gasteiger partial charge in [-0.25, -0.2) is 0 Å². The zero-order valence-corrected chi connectivity index (χ0v) is 10.9. The number of ether oxygens (including phenoxy) is 2. The second-order valence-corrected chi connectivity index (χ2v) is 4.64. The molecule has 0 saturated carbocycles. The minimum atomic E-state index is -0.441. The summed E-state index contributed by atoms with van der Waals surface area (Å²) in [6.45, 7) is 3.11. The fourth-order valence-electron chi connectivity index (χ4n) is 2.17. The van der Waals surface area contributed by atoms with E-state index < -0.39 is 4.92 Å². The summed E-state index contributed by atoms with van der Waals surface area (Å²) >= 11 is 0. The van der Waals surface area contributed by atoms with Crippen LogP contribution in [0.15, 0.2) is 18.2 Å². The molecule has 1 N–H and O–H groups in total. The van der Waals surface area contributed by atoms with Gasteiger partial charge in [0.05, 0.1) is 25.2 Å². The molecular weight excluding hydrogens is 248 g/mol. The van der Waals surface area contributed by atoms with Crippen LogP contribution in [0.1, 0.15) is 12.0 Å². The molecule has 1 unspecified atom stereocenters. The van der Waals surface area contributed by atoms with Crippen LogP contribution in [0.5, 0.6) is 5.75 Å². The van der Waals surface area contributed by atoms with E-state index in [1.807, 2.05) is 0 Å². The molecule has 6 nitrogen and oxygen atoms in total. The van der Waals surface area contributed by atoms with Gasteiger partial charge < -0.3 is 14.8 Å². The van der Waals surface area contributed by atoms with E-state index in [1.165, 1.54) is 13.2 Å². The Hall–Kier alpha value is -1.66. The number of hydrogen-bond acceptors (Lipinski definition) is 5. The van der Waals surface area contributed by atoms with Crippen molar-refractivity contribution >= 4 is 5.69 Å². The van der Waals surface area contributed by atoms with E-state index in [0.717, 1.165) is 25.1 Å². The van der Waals surface area contributed by atoms with E-state index in [2.05, 4.69) is 5.32 Å². The third-order valence-electron chi connectivity index (χ3n) is 3.22. The lowest BCUT2D eigenvalue weighted by molar-refractivity contribution is -0.385. The normalized spacial score (nSPS) is 18.5. The molecule has 1 atom stereocenters. The molecule has 0 aliphatic carbocycles. The van der Waals surface area contributed by atoms with Crippen molar-refractivity contribution < 1.29 is 14.4 Å². The number of hydrogen-bond donors (Lipinski definition) is 1. The first-order valence-electron chi connectivity index (χ1n) is 6.30. The van der Waals surface area contributed by atoms with Gasteiger partial charge in [0.1, 0.15) is 0 Å². The maximum atomic E-state index is 10.9. The summed E-state index contributed by atoms with van der Waals surface area (Å²) < 4.78 is 10.6. The lowest BCUT2D eigenvalue weighted by Gasteiger charge is -2.10. The van der Waals surface area contributed by atoms with Gasteiger partial charge in [-0.3, -0.25) is 10.1 Å². The second-order valence-electron chi connectivity index (χ2n) is 4.64. The molecule has 1 heterocycles. The van der Waals surface area contributed by atoms with Crippen molar-refractivity contribution in [3.8, 4) is 5.75 Å². The highest BCUT2D eigenvalue weighted by atomic mass is 16.6. The zero-order chi connectivity index (χ0) is 13.7. The Kier molecular flexibility index (Phi) is 4.70. The van der Waals surface area contributed by atoms with E-state index in [-0.39, 0.29) is 11.4 Å². The van der Waals surface area contributed by atoms with Gasteiger partial charge in [-0.1, -0.05) is 6.07 Å². The van der Waals surface area contributed by atoms with Crippen LogP contribution in [0, 0.1) is 16.0 Å². The highest BCUT2D eigenvalue weighted by molar-refractivity contribution is 5.48. The Morgan fingerprint density at radius 2 is 2.37 bits per heavy atom. The van der Waals surface area contributed by atoms with Gasteiger partial charge in [0.15, 0.2) is 5.75 Å². The number of benzene rings is 1. The van der Waals surface area contributed by atoms with Crippen molar-refractivity contribution in [1.29, 1.82) is 0 Å². The van der Waals surface area contributed by atoms with Crippen molar-refractivity contribution in [1.82, 2.24) is 5.32 Å². The summed E-state index contributed by atoms with van der Waals surface area (Å²) in [4.78, 5) is 10.5. The minimum Gasteiger partial charge on any atom is -0.490 e. The first-order valence-corrected chi connectivity index (χ1v) is 6.30. The summed E-state index contributed by atoms with van der Waals surface area (Å²) in [5, 5.41) is 14.2. The molecule has 6 heteroatoms. The highest BCUT2D eigenvalue weighted by Crippen LogP contribution is 2.27. The van der Waals surface area contributed by atoms with Gasteiger partial charge in [0.25, 0.3) is 0 Å². The summed E-state index contributed by atoms with van der Waals surface area (Å²) in [7, 11) is 1.42. The number of methoxy groups -OCH3 is 1. The van der Waals surface area contributed by atoms with Crippen LogP contribution in [0.3, 0.4) is 0 Å². The topological polar surface area (TPSA) is 73.6 Å². The monoisotopic (exact) mass is 266 g/mol. The quantitative estimate of drug-likeness (QED) is 0.627. The number of rotatable bonds is 6. The third kappa shape index (κ3) is 3.65. The summed E-state index contributed by atoms with van der Waals surface area (Å²) in [5.41, 5.74) is 0.768. The van der Waals surface area contributed by atoms with Crippen LogP contribution in [0.2, 0.25) is 0 Å². The predicted molar refractivity (Wildman–Crippen MR) is 70.3 cm³/mol. The van der Waals surface area contributed by atoms with Gasteiger partial charge >= 0.3 is 5.69 Å². The molecule has 1 aliphatic heterocycles. The lowest BCUT2D eigenvalue weighted by Crippen LogP contribution is -2.13. The Morgan fingerprint density at radius 1 is 1.53 bits per heavy atom. The van der Waals surface area contributed by atoms with Crippen LogP contribution in [-0.4, -0.2) is 31.7 Å². The Morgan fingerprint density at radius 3 is 3.00 bits per heavy atom. The van der Waals surface area contributed by atoms with Crippen molar-refractivity contribution in [3.63, 3.8) is 0 Å². The first-order chi connectivity index (χ1) is 9.20. The van der Waals surface area contributed by atoms with E-state index >= 15 is 0 Å². The minimum absolute atomic E-state index is 0.0221. The van der Waals surface area contributed by atoms with Gasteiger partial charge in [-0.2, -0.15) is 0 Å². The predicted octanol–water partition coefficient (Wildman–Crippen LogP) is 1.73. The first kappa shape index (κ1) is 13.8. The molecule has 0 spiro atoms. The van der Waals surface area contributed by atoms with E-state index in [1.54, 1.807) is 12.1 Å². The second kappa shape index (κ2) is 6.49. The molecule has 1 fully saturated rings. The fraction of sp³-hybridized carbons (Fsp3) is 0.538. The average Bonchev–Trinajstić information content (AvgIpc) is 2.91. The molecule has 0 radical (unpaired) electrons. The largest absolute Gasteiger partial charge is 0.490 e. The summed E-state index contributed by atoms with van der Waals surface area (Å²) in [5.74, 6) is 0.821. The molecule has 1 aromatic carbocycles. The van der Waals surface area contributed by atoms with Gasteiger partial charge in [0, 0.05) is 12.6 Å². The summed E-state index contributed by atoms with van der Waals surface area (Å²) in [6, 6.07) is 4.90. The molecular formula is C13H18N2O4. The molecule has 2 rings (SSSR count). The van der Waals surface area contributed by atoms with Crippen LogP contribution >= 0.6 is 0 Å². The standard InChI is InChI=1S/C13H18N2O4/c1-18-13-3-2-10(6-12(13)15(16)17)8-19-9-11-4-5-14-7-11/h2-3,6,11,14H,4-5,7-9H2,1H3. The zero-order valence-electron chi connectivity index (χ0n) is 10.9. The van der Waals surface area contributed by atoms with Crippen LogP contribution in [-0.2, 0) is 11.3 Å². The SMILES string of the molecule is COc1ccc(COCC2CCNC2)cc1[N+](=O)[O-]. The summed E-state index contributed by atoms with van der Waals surface area (Å²) in [6.07, 6.45) is 1.13. The van der Waals surface area contributed by atoms with Crippen LogP contribution < -0.4 is 10.1 Å². The fourth-order valence-corrected chi connectivity index (χ4v) is 2.17. The molecule has 1 aromatic rings. The Bertz CT molecular complexity index is 444. The molecule has 19 heavy (non-hydrogen) atoms. The van der Waals surface area contributed by atoms with Crippen LogP contribution in [0.4, 0.5) is 5.69 Å². The van der Waals surface area contributed by atoms with E-state index in [4.69, 9.17) is 9.47 Å². The molecule has 1 saturated heterocycles. The smallest absolute Gasteiger partial charge is 0.311 e. The van der Waals surface area contributed by atoms with Gasteiger partial charge in [-0.15, -0.1) is 0 Å². The van der Waals surface area contributed by atoms with Crippen molar-refractivity contribution in [2.45, 2.75) is 13.0 Å². The molecule has 0 amide bonds. The number of nitrogens with one attached hydrogen (secondary N) is 1. The van der Waals surface area contributed by atoms with Crippen molar-refractivity contribution in [2.75, 3.05) is 26.8 Å². The molecule has 0 aromatic heterocycles. The van der Waals surface area contributed by atoms with Crippen molar-refractivity contribution in [3.05, 3.63) is 33.9 Å². The van der Waals surface area contributed by atoms with E-state index in [0.29, 0.717) is 19.1 Å². The van der Waals surface area contributed by atoms with Crippen molar-refractivity contribution in [2.24, 2.45) is 5.92 Å². The third-order valence-corrected chi connectivity index (χ3v) is 3.22. The lowest BCUT2D eigenvalue weighted by atomic mass is 10.1. The highest BCUT2D eigenvalue weighted by Gasteiger charge is 2.16. The maximum absolute atomic E-state index is 10.9. The average molecular weight is 266 g/mol. The molecule has 104 valence electrons. The number of nitro groups is 1. The van der Waals surface area contributed by atoms with Gasteiger partial charge in [0.2, 0.25) is 0 Å². The number of nitro benzene ring substituents is 1. The van der Waals surface area contributed by atoms with Gasteiger partial charge in [-0.05, 0) is 30.5 Å².